The highest BCUT2D eigenvalue weighted by Gasteiger charge is 2.18. The molecule has 0 amide bonds. The molecule has 0 saturated carbocycles. The van der Waals surface area contributed by atoms with Gasteiger partial charge in [0.15, 0.2) is 0 Å². The maximum Gasteiger partial charge on any atom is 0.0718 e. The highest BCUT2D eigenvalue weighted by atomic mass is 35.5. The predicted octanol–water partition coefficient (Wildman–Crippen LogP) is 3.02. The molecule has 0 radical (unpaired) electrons. The fraction of sp³-hybridized carbons (Fsp3) is 0.615. The quantitative estimate of drug-likeness (QED) is 0.894. The molecular formula is C13H20ClN3. The van der Waals surface area contributed by atoms with Crippen molar-refractivity contribution in [3.63, 3.8) is 0 Å². The molecule has 1 N–H and O–H groups in total. The van der Waals surface area contributed by atoms with E-state index in [1.54, 1.807) is 12.4 Å². The largest absolute Gasteiger partial charge is 0.380 e. The molecule has 94 valence electrons. The SMILES string of the molecule is CCCN1CCC(Nc2cnccc2Cl)CC1. The average Bonchev–Trinajstić information content (AvgIpc) is 2.35. The lowest BCUT2D eigenvalue weighted by molar-refractivity contribution is 0.219. The van der Waals surface area contributed by atoms with Crippen LogP contribution in [0.15, 0.2) is 18.5 Å². The predicted molar refractivity (Wildman–Crippen MR) is 72.6 cm³/mol. The molecule has 1 aromatic heterocycles. The van der Waals surface area contributed by atoms with Gasteiger partial charge in [-0.05, 0) is 31.9 Å². The van der Waals surface area contributed by atoms with Gasteiger partial charge in [0.25, 0.3) is 0 Å². The van der Waals surface area contributed by atoms with Gasteiger partial charge in [0, 0.05) is 25.3 Å². The van der Waals surface area contributed by atoms with Gasteiger partial charge in [-0.25, -0.2) is 0 Å². The number of aromatic nitrogens is 1. The van der Waals surface area contributed by atoms with E-state index in [9.17, 15) is 0 Å². The molecule has 0 unspecified atom stereocenters. The van der Waals surface area contributed by atoms with Crippen molar-refractivity contribution in [1.29, 1.82) is 0 Å². The summed E-state index contributed by atoms with van der Waals surface area (Å²) in [4.78, 5) is 6.63. The molecule has 4 heteroatoms. The van der Waals surface area contributed by atoms with Gasteiger partial charge in [-0.3, -0.25) is 4.98 Å². The maximum atomic E-state index is 6.11. The molecule has 17 heavy (non-hydrogen) atoms. The van der Waals surface area contributed by atoms with Gasteiger partial charge in [0.1, 0.15) is 0 Å². The monoisotopic (exact) mass is 253 g/mol. The first-order valence-corrected chi connectivity index (χ1v) is 6.75. The summed E-state index contributed by atoms with van der Waals surface area (Å²) in [7, 11) is 0. The first kappa shape index (κ1) is 12.7. The van der Waals surface area contributed by atoms with E-state index >= 15 is 0 Å². The van der Waals surface area contributed by atoms with E-state index in [2.05, 4.69) is 22.1 Å². The Morgan fingerprint density at radius 2 is 2.24 bits per heavy atom. The Labute approximate surface area is 108 Å². The number of nitrogens with one attached hydrogen (secondary N) is 1. The molecule has 1 aliphatic heterocycles. The van der Waals surface area contributed by atoms with Crippen LogP contribution in [0, 0.1) is 0 Å². The van der Waals surface area contributed by atoms with E-state index in [4.69, 9.17) is 11.6 Å². The van der Waals surface area contributed by atoms with Crippen molar-refractivity contribution in [3.8, 4) is 0 Å². The zero-order valence-corrected chi connectivity index (χ0v) is 11.1. The Morgan fingerprint density at radius 3 is 2.88 bits per heavy atom. The molecule has 1 fully saturated rings. The van der Waals surface area contributed by atoms with Crippen molar-refractivity contribution in [3.05, 3.63) is 23.5 Å². The Hall–Kier alpha value is -0.800. The number of piperidine rings is 1. The van der Waals surface area contributed by atoms with Crippen LogP contribution in [-0.4, -0.2) is 35.6 Å². The van der Waals surface area contributed by atoms with Crippen molar-refractivity contribution in [2.45, 2.75) is 32.2 Å². The Kier molecular flexibility index (Phi) is 4.63. The molecule has 1 aliphatic rings. The van der Waals surface area contributed by atoms with E-state index in [1.165, 1.54) is 38.9 Å². The van der Waals surface area contributed by atoms with Crippen molar-refractivity contribution in [1.82, 2.24) is 9.88 Å². The summed E-state index contributed by atoms with van der Waals surface area (Å²) in [6.45, 7) is 5.83. The van der Waals surface area contributed by atoms with E-state index < -0.39 is 0 Å². The van der Waals surface area contributed by atoms with Gasteiger partial charge in [0.05, 0.1) is 16.9 Å². The molecule has 0 atom stereocenters. The molecule has 0 aromatic carbocycles. The van der Waals surface area contributed by atoms with Crippen LogP contribution in [0.3, 0.4) is 0 Å². The number of likely N-dealkylation sites (tertiary alicyclic amines) is 1. The average molecular weight is 254 g/mol. The van der Waals surface area contributed by atoms with Gasteiger partial charge < -0.3 is 10.2 Å². The van der Waals surface area contributed by atoms with Gasteiger partial charge in [-0.1, -0.05) is 18.5 Å². The van der Waals surface area contributed by atoms with Crippen LogP contribution in [-0.2, 0) is 0 Å². The summed E-state index contributed by atoms with van der Waals surface area (Å²) < 4.78 is 0. The minimum Gasteiger partial charge on any atom is -0.380 e. The highest BCUT2D eigenvalue weighted by Crippen LogP contribution is 2.22. The van der Waals surface area contributed by atoms with Crippen LogP contribution in [0.2, 0.25) is 5.02 Å². The van der Waals surface area contributed by atoms with E-state index in [0.717, 1.165) is 10.7 Å². The molecule has 1 saturated heterocycles. The number of halogens is 1. The van der Waals surface area contributed by atoms with E-state index in [1.807, 2.05) is 6.07 Å². The third kappa shape index (κ3) is 3.58. The van der Waals surface area contributed by atoms with Crippen LogP contribution < -0.4 is 5.32 Å². The maximum absolute atomic E-state index is 6.11. The van der Waals surface area contributed by atoms with Crippen LogP contribution in [0.25, 0.3) is 0 Å². The molecule has 0 aliphatic carbocycles. The number of hydrogen-bond donors (Lipinski definition) is 1. The van der Waals surface area contributed by atoms with E-state index in [-0.39, 0.29) is 0 Å². The molecule has 1 aromatic rings. The van der Waals surface area contributed by atoms with Crippen molar-refractivity contribution < 1.29 is 0 Å². The van der Waals surface area contributed by atoms with Gasteiger partial charge in [-0.15, -0.1) is 0 Å². The van der Waals surface area contributed by atoms with Crippen LogP contribution in [0.5, 0.6) is 0 Å². The Morgan fingerprint density at radius 1 is 1.47 bits per heavy atom. The minimum atomic E-state index is 0.532. The summed E-state index contributed by atoms with van der Waals surface area (Å²) in [5, 5.41) is 4.25. The Bertz CT molecular complexity index is 348. The van der Waals surface area contributed by atoms with Gasteiger partial charge in [0.2, 0.25) is 0 Å². The summed E-state index contributed by atoms with van der Waals surface area (Å²) >= 11 is 6.11. The zero-order valence-electron chi connectivity index (χ0n) is 10.3. The lowest BCUT2D eigenvalue weighted by Gasteiger charge is -2.32. The third-order valence-corrected chi connectivity index (χ3v) is 3.58. The summed E-state index contributed by atoms with van der Waals surface area (Å²) in [5.74, 6) is 0. The van der Waals surface area contributed by atoms with Crippen molar-refractivity contribution in [2.75, 3.05) is 25.0 Å². The molecule has 0 bridgehead atoms. The molecule has 2 rings (SSSR count). The van der Waals surface area contributed by atoms with Gasteiger partial charge >= 0.3 is 0 Å². The van der Waals surface area contributed by atoms with Crippen LogP contribution in [0.1, 0.15) is 26.2 Å². The lowest BCUT2D eigenvalue weighted by atomic mass is 10.0. The molecular weight excluding hydrogens is 234 g/mol. The van der Waals surface area contributed by atoms with E-state index in [0.29, 0.717) is 6.04 Å². The second-order valence-corrected chi connectivity index (χ2v) is 5.02. The number of nitrogens with zero attached hydrogens (tertiary/aromatic N) is 2. The fourth-order valence-corrected chi connectivity index (χ4v) is 2.48. The standard InChI is InChI=1S/C13H20ClN3/c1-2-7-17-8-4-11(5-9-17)16-13-10-15-6-3-12(13)14/h3,6,10-11,16H,2,4-5,7-9H2,1H3. The lowest BCUT2D eigenvalue weighted by Crippen LogP contribution is -2.39. The summed E-state index contributed by atoms with van der Waals surface area (Å²) in [6, 6.07) is 2.36. The molecule has 0 spiro atoms. The van der Waals surface area contributed by atoms with Crippen LogP contribution in [0.4, 0.5) is 5.69 Å². The fourth-order valence-electron chi connectivity index (χ4n) is 2.32. The summed E-state index contributed by atoms with van der Waals surface area (Å²) in [6.07, 6.45) is 7.14. The molecule has 3 nitrogen and oxygen atoms in total. The Balaban J connectivity index is 1.84. The first-order valence-electron chi connectivity index (χ1n) is 6.38. The second kappa shape index (κ2) is 6.22. The zero-order chi connectivity index (χ0) is 12.1. The number of anilines is 1. The van der Waals surface area contributed by atoms with Crippen molar-refractivity contribution in [2.24, 2.45) is 0 Å². The third-order valence-electron chi connectivity index (χ3n) is 3.25. The summed E-state index contributed by atoms with van der Waals surface area (Å²) in [5.41, 5.74) is 0.961. The number of hydrogen-bond acceptors (Lipinski definition) is 3. The number of pyridine rings is 1. The topological polar surface area (TPSA) is 28.2 Å². The minimum absolute atomic E-state index is 0.532. The number of rotatable bonds is 4. The second-order valence-electron chi connectivity index (χ2n) is 4.62. The normalized spacial score (nSPS) is 18.2. The van der Waals surface area contributed by atoms with Crippen molar-refractivity contribution >= 4 is 17.3 Å². The van der Waals surface area contributed by atoms with Crippen LogP contribution >= 0.6 is 11.6 Å². The molecule has 2 heterocycles. The first-order chi connectivity index (χ1) is 8.29. The van der Waals surface area contributed by atoms with Gasteiger partial charge in [-0.2, -0.15) is 0 Å². The highest BCUT2D eigenvalue weighted by molar-refractivity contribution is 6.33. The smallest absolute Gasteiger partial charge is 0.0718 e.